The Labute approximate surface area is 130 Å². The molecule has 1 amide bonds. The molecule has 0 atom stereocenters. The quantitative estimate of drug-likeness (QED) is 0.555. The SMILES string of the molecule is COC1=CC(=N)/C(=C\NC2CC(C(C)(C)O)C2)C=C1NC=O. The molecule has 0 spiro atoms. The lowest BCUT2D eigenvalue weighted by Crippen LogP contribution is -2.48. The summed E-state index contributed by atoms with van der Waals surface area (Å²) in [4.78, 5) is 10.6. The zero-order valence-corrected chi connectivity index (χ0v) is 13.1. The van der Waals surface area contributed by atoms with Gasteiger partial charge in [-0.3, -0.25) is 4.79 Å². The monoisotopic (exact) mass is 305 g/mol. The average molecular weight is 305 g/mol. The molecule has 0 saturated heterocycles. The summed E-state index contributed by atoms with van der Waals surface area (Å²) in [7, 11) is 1.50. The van der Waals surface area contributed by atoms with Crippen molar-refractivity contribution in [1.29, 1.82) is 5.41 Å². The van der Waals surface area contributed by atoms with Crippen LogP contribution < -0.4 is 10.6 Å². The molecule has 120 valence electrons. The molecule has 2 aliphatic rings. The van der Waals surface area contributed by atoms with Gasteiger partial charge >= 0.3 is 0 Å². The molecule has 4 N–H and O–H groups in total. The number of nitrogens with one attached hydrogen (secondary N) is 3. The van der Waals surface area contributed by atoms with Crippen molar-refractivity contribution in [2.45, 2.75) is 38.3 Å². The van der Waals surface area contributed by atoms with Crippen LogP contribution in [0.4, 0.5) is 0 Å². The molecule has 22 heavy (non-hydrogen) atoms. The molecule has 1 saturated carbocycles. The zero-order chi connectivity index (χ0) is 16.3. The zero-order valence-electron chi connectivity index (χ0n) is 13.1. The van der Waals surface area contributed by atoms with E-state index in [1.165, 1.54) is 7.11 Å². The van der Waals surface area contributed by atoms with Crippen molar-refractivity contribution in [3.05, 3.63) is 35.4 Å². The van der Waals surface area contributed by atoms with Crippen LogP contribution in [0.25, 0.3) is 0 Å². The van der Waals surface area contributed by atoms with Crippen LogP contribution in [0.5, 0.6) is 0 Å². The van der Waals surface area contributed by atoms with E-state index in [9.17, 15) is 9.90 Å². The Morgan fingerprint density at radius 3 is 2.64 bits per heavy atom. The largest absolute Gasteiger partial charge is 0.494 e. The summed E-state index contributed by atoms with van der Waals surface area (Å²) in [6.07, 6.45) is 7.45. The van der Waals surface area contributed by atoms with Gasteiger partial charge in [-0.1, -0.05) is 0 Å². The maximum atomic E-state index is 10.6. The second kappa shape index (κ2) is 6.36. The van der Waals surface area contributed by atoms with Crippen LogP contribution in [0.1, 0.15) is 26.7 Å². The van der Waals surface area contributed by atoms with Gasteiger partial charge in [0.25, 0.3) is 0 Å². The number of aliphatic hydroxyl groups is 1. The van der Waals surface area contributed by atoms with Crippen LogP contribution in [0.3, 0.4) is 0 Å². The maximum absolute atomic E-state index is 10.6. The fourth-order valence-corrected chi connectivity index (χ4v) is 2.60. The highest BCUT2D eigenvalue weighted by molar-refractivity contribution is 6.10. The lowest BCUT2D eigenvalue weighted by atomic mass is 9.71. The third kappa shape index (κ3) is 3.57. The van der Waals surface area contributed by atoms with Gasteiger partial charge < -0.3 is 25.9 Å². The maximum Gasteiger partial charge on any atom is 0.211 e. The van der Waals surface area contributed by atoms with Gasteiger partial charge in [0.1, 0.15) is 5.76 Å². The minimum Gasteiger partial charge on any atom is -0.494 e. The standard InChI is InChI=1S/C16H23N3O3/c1-16(2,21)11-5-12(6-11)18-8-10-4-14(19-9-20)15(22-3)7-13(10)17/h4,7-9,11-12,17-18,21H,5-6H2,1-3H3,(H,19,20)/b10-8-,17-13?. The van der Waals surface area contributed by atoms with Gasteiger partial charge in [0.05, 0.1) is 24.1 Å². The van der Waals surface area contributed by atoms with Crippen LogP contribution in [0, 0.1) is 11.3 Å². The van der Waals surface area contributed by atoms with Crippen LogP contribution in [0.2, 0.25) is 0 Å². The summed E-state index contributed by atoms with van der Waals surface area (Å²) in [6.45, 7) is 3.67. The first-order chi connectivity index (χ1) is 10.3. The summed E-state index contributed by atoms with van der Waals surface area (Å²) >= 11 is 0. The molecule has 2 rings (SSSR count). The molecule has 0 aromatic heterocycles. The molecule has 0 aromatic carbocycles. The molecule has 2 aliphatic carbocycles. The average Bonchev–Trinajstić information content (AvgIpc) is 2.38. The van der Waals surface area contributed by atoms with Crippen molar-refractivity contribution < 1.29 is 14.6 Å². The molecule has 0 aliphatic heterocycles. The van der Waals surface area contributed by atoms with Gasteiger partial charge in [0, 0.05) is 23.9 Å². The molecular formula is C16H23N3O3. The van der Waals surface area contributed by atoms with Gasteiger partial charge in [-0.25, -0.2) is 0 Å². The van der Waals surface area contributed by atoms with Crippen molar-refractivity contribution in [3.8, 4) is 0 Å². The van der Waals surface area contributed by atoms with E-state index < -0.39 is 5.60 Å². The summed E-state index contributed by atoms with van der Waals surface area (Å²) in [5.41, 5.74) is 0.889. The Morgan fingerprint density at radius 1 is 1.41 bits per heavy atom. The summed E-state index contributed by atoms with van der Waals surface area (Å²) < 4.78 is 5.14. The lowest BCUT2D eigenvalue weighted by molar-refractivity contribution is -0.109. The van der Waals surface area contributed by atoms with E-state index in [2.05, 4.69) is 10.6 Å². The van der Waals surface area contributed by atoms with E-state index in [4.69, 9.17) is 10.1 Å². The van der Waals surface area contributed by atoms with Crippen molar-refractivity contribution in [3.63, 3.8) is 0 Å². The van der Waals surface area contributed by atoms with Crippen LogP contribution >= 0.6 is 0 Å². The second-order valence-corrected chi connectivity index (χ2v) is 6.23. The minimum atomic E-state index is -0.639. The van der Waals surface area contributed by atoms with Gasteiger partial charge in [-0.15, -0.1) is 0 Å². The first-order valence-corrected chi connectivity index (χ1v) is 7.30. The molecule has 6 heteroatoms. The summed E-state index contributed by atoms with van der Waals surface area (Å²) in [5, 5.41) is 23.7. The number of amides is 1. The third-order valence-electron chi connectivity index (χ3n) is 4.20. The number of hydrogen-bond donors (Lipinski definition) is 4. The Balaban J connectivity index is 1.99. The molecule has 0 unspecified atom stereocenters. The predicted octanol–water partition coefficient (Wildman–Crippen LogP) is 1.20. The Hall–Kier alpha value is -2.08. The van der Waals surface area contributed by atoms with Crippen LogP contribution in [-0.2, 0) is 9.53 Å². The van der Waals surface area contributed by atoms with E-state index in [0.29, 0.717) is 41.1 Å². The number of ether oxygens (including phenoxy) is 1. The number of allylic oxidation sites excluding steroid dienone is 3. The van der Waals surface area contributed by atoms with Gasteiger partial charge in [0.15, 0.2) is 0 Å². The van der Waals surface area contributed by atoms with Crippen LogP contribution in [0.15, 0.2) is 35.4 Å². The Bertz CT molecular complexity index is 549. The van der Waals surface area contributed by atoms with Gasteiger partial charge in [0.2, 0.25) is 6.41 Å². The normalized spacial score (nSPS) is 26.7. The molecular weight excluding hydrogens is 282 g/mol. The molecule has 0 heterocycles. The van der Waals surface area contributed by atoms with E-state index in [-0.39, 0.29) is 0 Å². The Kier molecular flexibility index (Phi) is 4.71. The molecule has 0 radical (unpaired) electrons. The van der Waals surface area contributed by atoms with Gasteiger partial charge in [-0.05, 0) is 38.7 Å². The molecule has 1 fully saturated rings. The number of carbonyl (C=O) groups excluding carboxylic acids is 1. The number of hydrogen-bond acceptors (Lipinski definition) is 5. The van der Waals surface area contributed by atoms with Crippen molar-refractivity contribution in [2.75, 3.05) is 7.11 Å². The highest BCUT2D eigenvalue weighted by Gasteiger charge is 2.38. The van der Waals surface area contributed by atoms with Crippen molar-refractivity contribution in [2.24, 2.45) is 5.92 Å². The van der Waals surface area contributed by atoms with E-state index in [1.807, 2.05) is 13.8 Å². The number of rotatable bonds is 6. The fraction of sp³-hybridized carbons (Fsp3) is 0.500. The number of carbonyl (C=O) groups is 1. The summed E-state index contributed by atoms with van der Waals surface area (Å²) in [6, 6.07) is 0.306. The van der Waals surface area contributed by atoms with Crippen LogP contribution in [-0.4, -0.2) is 36.0 Å². The van der Waals surface area contributed by atoms with Crippen molar-refractivity contribution >= 4 is 12.1 Å². The third-order valence-corrected chi connectivity index (χ3v) is 4.20. The van der Waals surface area contributed by atoms with Crippen molar-refractivity contribution in [1.82, 2.24) is 10.6 Å². The lowest BCUT2D eigenvalue weighted by Gasteiger charge is -2.42. The van der Waals surface area contributed by atoms with E-state index in [1.54, 1.807) is 18.4 Å². The highest BCUT2D eigenvalue weighted by atomic mass is 16.5. The first kappa shape index (κ1) is 16.3. The molecule has 0 aromatic rings. The van der Waals surface area contributed by atoms with Gasteiger partial charge in [-0.2, -0.15) is 0 Å². The smallest absolute Gasteiger partial charge is 0.211 e. The molecule has 0 bridgehead atoms. The topological polar surface area (TPSA) is 94.4 Å². The van der Waals surface area contributed by atoms with E-state index in [0.717, 1.165) is 12.8 Å². The highest BCUT2D eigenvalue weighted by Crippen LogP contribution is 2.36. The first-order valence-electron chi connectivity index (χ1n) is 7.30. The second-order valence-electron chi connectivity index (χ2n) is 6.23. The Morgan fingerprint density at radius 2 is 2.09 bits per heavy atom. The number of methoxy groups -OCH3 is 1. The minimum absolute atomic E-state index is 0.303. The van der Waals surface area contributed by atoms with E-state index >= 15 is 0 Å². The molecule has 6 nitrogen and oxygen atoms in total. The fourth-order valence-electron chi connectivity index (χ4n) is 2.60. The summed E-state index contributed by atoms with van der Waals surface area (Å²) in [5.74, 6) is 0.761. The predicted molar refractivity (Wildman–Crippen MR) is 84.1 cm³/mol.